The third-order valence-corrected chi connectivity index (χ3v) is 5.51. The van der Waals surface area contributed by atoms with Gasteiger partial charge in [-0.05, 0) is 43.3 Å². The van der Waals surface area contributed by atoms with E-state index in [2.05, 4.69) is 10.6 Å². The molecule has 0 spiro atoms. The Hall–Kier alpha value is -1.47. The molecule has 1 aromatic carbocycles. The van der Waals surface area contributed by atoms with Crippen molar-refractivity contribution in [3.05, 3.63) is 30.1 Å². The summed E-state index contributed by atoms with van der Waals surface area (Å²) in [5.41, 5.74) is 0. The minimum atomic E-state index is -3.50. The maximum Gasteiger partial charge on any atom is 0.223 e. The molecule has 0 radical (unpaired) electrons. The van der Waals surface area contributed by atoms with Crippen molar-refractivity contribution >= 4 is 15.7 Å². The van der Waals surface area contributed by atoms with Crippen molar-refractivity contribution in [3.63, 3.8) is 0 Å². The van der Waals surface area contributed by atoms with E-state index in [-0.39, 0.29) is 29.0 Å². The van der Waals surface area contributed by atoms with Crippen molar-refractivity contribution in [3.8, 4) is 0 Å². The Morgan fingerprint density at radius 2 is 2.00 bits per heavy atom. The number of rotatable bonds is 6. The van der Waals surface area contributed by atoms with E-state index >= 15 is 0 Å². The van der Waals surface area contributed by atoms with Gasteiger partial charge in [0.05, 0.1) is 10.6 Å². The van der Waals surface area contributed by atoms with Crippen molar-refractivity contribution in [2.45, 2.75) is 11.8 Å². The normalized spacial score (nSPS) is 17.0. The van der Waals surface area contributed by atoms with Crippen LogP contribution in [-0.2, 0) is 14.6 Å². The molecule has 21 heavy (non-hydrogen) atoms. The van der Waals surface area contributed by atoms with Crippen molar-refractivity contribution in [2.24, 2.45) is 11.8 Å². The van der Waals surface area contributed by atoms with Gasteiger partial charge in [0.15, 0.2) is 9.84 Å². The highest BCUT2D eigenvalue weighted by Crippen LogP contribution is 2.16. The van der Waals surface area contributed by atoms with Crippen LogP contribution < -0.4 is 10.6 Å². The summed E-state index contributed by atoms with van der Waals surface area (Å²) in [7, 11) is -3.50. The molecule has 1 heterocycles. The Morgan fingerprint density at radius 3 is 2.52 bits per heavy atom. The topological polar surface area (TPSA) is 75.3 Å². The number of hydrogen-bond donors (Lipinski definition) is 2. The molecule has 1 amide bonds. The first kappa shape index (κ1) is 15.9. The molecule has 0 saturated carbocycles. The fraction of sp³-hybridized carbons (Fsp3) is 0.500. The largest absolute Gasteiger partial charge is 0.355 e. The molecule has 1 aliphatic heterocycles. The fourth-order valence-corrected chi connectivity index (χ4v) is 3.27. The lowest BCUT2D eigenvalue weighted by Crippen LogP contribution is -2.50. The van der Waals surface area contributed by atoms with Crippen LogP contribution in [0.1, 0.15) is 6.92 Å². The SMILES string of the molecule is CC(C(=O)NCCS(=O)(=O)c1ccc(F)cc1)C1CNC1. The summed E-state index contributed by atoms with van der Waals surface area (Å²) in [6.07, 6.45) is 0. The Labute approximate surface area is 123 Å². The van der Waals surface area contributed by atoms with Crippen LogP contribution in [0.25, 0.3) is 0 Å². The van der Waals surface area contributed by atoms with Gasteiger partial charge in [0.2, 0.25) is 5.91 Å². The molecule has 0 bridgehead atoms. The minimum absolute atomic E-state index is 0.0586. The molecule has 1 aliphatic rings. The number of amides is 1. The number of halogens is 1. The monoisotopic (exact) mass is 314 g/mol. The average molecular weight is 314 g/mol. The summed E-state index contributed by atoms with van der Waals surface area (Å²) < 4.78 is 36.8. The van der Waals surface area contributed by atoms with Gasteiger partial charge < -0.3 is 10.6 Å². The summed E-state index contributed by atoms with van der Waals surface area (Å²) in [4.78, 5) is 11.9. The molecule has 0 aromatic heterocycles. The van der Waals surface area contributed by atoms with Gasteiger partial charge in [-0.2, -0.15) is 0 Å². The Morgan fingerprint density at radius 1 is 1.38 bits per heavy atom. The molecule has 2 N–H and O–H groups in total. The van der Waals surface area contributed by atoms with Crippen LogP contribution in [0.15, 0.2) is 29.2 Å². The summed E-state index contributed by atoms with van der Waals surface area (Å²) in [5, 5.41) is 5.75. The zero-order valence-electron chi connectivity index (χ0n) is 11.8. The highest BCUT2D eigenvalue weighted by molar-refractivity contribution is 7.91. The number of carbonyl (C=O) groups is 1. The van der Waals surface area contributed by atoms with Crippen LogP contribution in [-0.4, -0.2) is 39.7 Å². The van der Waals surface area contributed by atoms with Crippen molar-refractivity contribution in [1.82, 2.24) is 10.6 Å². The number of sulfone groups is 1. The van der Waals surface area contributed by atoms with E-state index in [4.69, 9.17) is 0 Å². The summed E-state index contributed by atoms with van der Waals surface area (Å²) in [5.74, 6) is -0.612. The van der Waals surface area contributed by atoms with E-state index in [0.717, 1.165) is 25.2 Å². The van der Waals surface area contributed by atoms with E-state index in [1.54, 1.807) is 0 Å². The van der Waals surface area contributed by atoms with Gasteiger partial charge in [-0.25, -0.2) is 12.8 Å². The molecule has 2 rings (SSSR count). The van der Waals surface area contributed by atoms with Crippen LogP contribution in [0.3, 0.4) is 0 Å². The van der Waals surface area contributed by atoms with Gasteiger partial charge in [0, 0.05) is 12.5 Å². The number of hydrogen-bond acceptors (Lipinski definition) is 4. The molecule has 1 unspecified atom stereocenters. The summed E-state index contributed by atoms with van der Waals surface area (Å²) in [6, 6.07) is 4.68. The quantitative estimate of drug-likeness (QED) is 0.753. The van der Waals surface area contributed by atoms with Crippen LogP contribution in [0.5, 0.6) is 0 Å². The van der Waals surface area contributed by atoms with Gasteiger partial charge in [0.25, 0.3) is 0 Å². The van der Waals surface area contributed by atoms with Crippen LogP contribution in [0.2, 0.25) is 0 Å². The minimum Gasteiger partial charge on any atom is -0.355 e. The van der Waals surface area contributed by atoms with Crippen molar-refractivity contribution in [1.29, 1.82) is 0 Å². The standard InChI is InChI=1S/C14H19FN2O3S/c1-10(11-8-16-9-11)14(18)17-6-7-21(19,20)13-4-2-12(15)3-5-13/h2-5,10-11,16H,6-9H2,1H3,(H,17,18). The number of carbonyl (C=O) groups excluding carboxylic acids is 1. The third kappa shape index (κ3) is 4.01. The Balaban J connectivity index is 1.84. The van der Waals surface area contributed by atoms with Crippen LogP contribution >= 0.6 is 0 Å². The summed E-state index contributed by atoms with van der Waals surface area (Å²) in [6.45, 7) is 3.54. The number of nitrogens with one attached hydrogen (secondary N) is 2. The van der Waals surface area contributed by atoms with Crippen LogP contribution in [0, 0.1) is 17.7 Å². The average Bonchev–Trinajstić information content (AvgIpc) is 2.36. The maximum absolute atomic E-state index is 12.8. The zero-order chi connectivity index (χ0) is 15.5. The van der Waals surface area contributed by atoms with E-state index in [9.17, 15) is 17.6 Å². The second-order valence-corrected chi connectivity index (χ2v) is 7.38. The zero-order valence-corrected chi connectivity index (χ0v) is 12.6. The fourth-order valence-electron chi connectivity index (χ4n) is 2.11. The first-order valence-electron chi connectivity index (χ1n) is 6.87. The molecule has 0 aliphatic carbocycles. The second kappa shape index (κ2) is 6.53. The molecule has 1 fully saturated rings. The molecule has 7 heteroatoms. The Bertz CT molecular complexity index is 597. The highest BCUT2D eigenvalue weighted by atomic mass is 32.2. The van der Waals surface area contributed by atoms with Gasteiger partial charge >= 0.3 is 0 Å². The van der Waals surface area contributed by atoms with Gasteiger partial charge in [-0.3, -0.25) is 4.79 Å². The smallest absolute Gasteiger partial charge is 0.223 e. The predicted molar refractivity (Wildman–Crippen MR) is 77.0 cm³/mol. The lowest BCUT2D eigenvalue weighted by Gasteiger charge is -2.31. The Kier molecular flexibility index (Phi) is 4.95. The van der Waals surface area contributed by atoms with Gasteiger partial charge in [-0.1, -0.05) is 6.92 Å². The first-order valence-corrected chi connectivity index (χ1v) is 8.52. The lowest BCUT2D eigenvalue weighted by molar-refractivity contribution is -0.126. The van der Waals surface area contributed by atoms with Crippen LogP contribution in [0.4, 0.5) is 4.39 Å². The number of benzene rings is 1. The second-order valence-electron chi connectivity index (χ2n) is 5.27. The third-order valence-electron chi connectivity index (χ3n) is 3.78. The highest BCUT2D eigenvalue weighted by Gasteiger charge is 2.28. The molecular formula is C14H19FN2O3S. The van der Waals surface area contributed by atoms with Crippen molar-refractivity contribution < 1.29 is 17.6 Å². The molecule has 1 atom stereocenters. The first-order chi connectivity index (χ1) is 9.90. The maximum atomic E-state index is 12.8. The van der Waals surface area contributed by atoms with E-state index in [0.29, 0.717) is 5.92 Å². The molecule has 1 saturated heterocycles. The molecule has 5 nitrogen and oxygen atoms in total. The predicted octanol–water partition coefficient (Wildman–Crippen LogP) is 0.571. The summed E-state index contributed by atoms with van der Waals surface area (Å²) >= 11 is 0. The van der Waals surface area contributed by atoms with Gasteiger partial charge in [0.1, 0.15) is 5.82 Å². The molecule has 116 valence electrons. The van der Waals surface area contributed by atoms with Gasteiger partial charge in [-0.15, -0.1) is 0 Å². The van der Waals surface area contributed by atoms with E-state index in [1.807, 2.05) is 6.92 Å². The van der Waals surface area contributed by atoms with Crippen molar-refractivity contribution in [2.75, 3.05) is 25.4 Å². The lowest BCUT2D eigenvalue weighted by atomic mass is 9.88. The molecule has 1 aromatic rings. The van der Waals surface area contributed by atoms with E-state index < -0.39 is 15.7 Å². The molecular weight excluding hydrogens is 295 g/mol. The van der Waals surface area contributed by atoms with E-state index in [1.165, 1.54) is 12.1 Å².